The standard InChI is InChI=1S/C12H18O4/c1-6-10(16-12(15)7(2)3)8(4)9(5)11(13)14/h10H,2,6H2,1,3-5H3,(H,13,14). The molecule has 0 aromatic rings. The average Bonchev–Trinajstić information content (AvgIpc) is 2.22. The summed E-state index contributed by atoms with van der Waals surface area (Å²) < 4.78 is 5.13. The zero-order valence-electron chi connectivity index (χ0n) is 10.2. The molecule has 0 fully saturated rings. The van der Waals surface area contributed by atoms with Crippen molar-refractivity contribution in [1.82, 2.24) is 0 Å². The van der Waals surface area contributed by atoms with E-state index in [0.29, 0.717) is 17.6 Å². The summed E-state index contributed by atoms with van der Waals surface area (Å²) >= 11 is 0. The minimum Gasteiger partial charge on any atom is -0.478 e. The van der Waals surface area contributed by atoms with E-state index < -0.39 is 18.0 Å². The molecule has 0 aromatic carbocycles. The Balaban J connectivity index is 4.88. The highest BCUT2D eigenvalue weighted by molar-refractivity contribution is 5.88. The quantitative estimate of drug-likeness (QED) is 0.577. The van der Waals surface area contributed by atoms with E-state index in [0.717, 1.165) is 0 Å². The van der Waals surface area contributed by atoms with Crippen LogP contribution in [0.2, 0.25) is 0 Å². The number of carbonyl (C=O) groups is 2. The summed E-state index contributed by atoms with van der Waals surface area (Å²) in [5.41, 5.74) is 1.07. The predicted molar refractivity (Wildman–Crippen MR) is 61.0 cm³/mol. The van der Waals surface area contributed by atoms with Crippen LogP contribution < -0.4 is 0 Å². The lowest BCUT2D eigenvalue weighted by molar-refractivity contribution is -0.143. The first kappa shape index (κ1) is 14.4. The summed E-state index contributed by atoms with van der Waals surface area (Å²) in [5.74, 6) is -1.49. The van der Waals surface area contributed by atoms with Crippen molar-refractivity contribution in [2.45, 2.75) is 40.2 Å². The van der Waals surface area contributed by atoms with Gasteiger partial charge < -0.3 is 9.84 Å². The van der Waals surface area contributed by atoms with E-state index in [2.05, 4.69) is 6.58 Å². The van der Waals surface area contributed by atoms with Crippen molar-refractivity contribution in [3.63, 3.8) is 0 Å². The Bertz CT molecular complexity index is 339. The molecule has 0 spiro atoms. The highest BCUT2D eigenvalue weighted by Crippen LogP contribution is 2.16. The third-order valence-electron chi connectivity index (χ3n) is 2.36. The first-order valence-corrected chi connectivity index (χ1v) is 5.08. The van der Waals surface area contributed by atoms with E-state index in [-0.39, 0.29) is 5.57 Å². The van der Waals surface area contributed by atoms with Gasteiger partial charge in [0.2, 0.25) is 0 Å². The van der Waals surface area contributed by atoms with Crippen LogP contribution in [0.15, 0.2) is 23.3 Å². The molecule has 0 aliphatic rings. The molecule has 0 bridgehead atoms. The van der Waals surface area contributed by atoms with Gasteiger partial charge in [-0.2, -0.15) is 0 Å². The molecule has 0 amide bonds. The van der Waals surface area contributed by atoms with Crippen LogP contribution >= 0.6 is 0 Å². The van der Waals surface area contributed by atoms with E-state index in [9.17, 15) is 9.59 Å². The highest BCUT2D eigenvalue weighted by Gasteiger charge is 2.18. The Labute approximate surface area is 95.6 Å². The van der Waals surface area contributed by atoms with Crippen LogP contribution in [0.4, 0.5) is 0 Å². The smallest absolute Gasteiger partial charge is 0.333 e. The van der Waals surface area contributed by atoms with Crippen molar-refractivity contribution in [2.75, 3.05) is 0 Å². The van der Waals surface area contributed by atoms with Crippen molar-refractivity contribution in [3.8, 4) is 0 Å². The van der Waals surface area contributed by atoms with E-state index in [1.165, 1.54) is 6.92 Å². The lowest BCUT2D eigenvalue weighted by atomic mass is 10.0. The van der Waals surface area contributed by atoms with Crippen LogP contribution in [0, 0.1) is 0 Å². The number of rotatable bonds is 5. The van der Waals surface area contributed by atoms with Crippen molar-refractivity contribution in [1.29, 1.82) is 0 Å². The second-order valence-electron chi connectivity index (χ2n) is 3.70. The number of carbonyl (C=O) groups excluding carboxylic acids is 1. The lowest BCUT2D eigenvalue weighted by Gasteiger charge is -2.18. The Hall–Kier alpha value is -1.58. The van der Waals surface area contributed by atoms with Gasteiger partial charge in [0, 0.05) is 11.1 Å². The van der Waals surface area contributed by atoms with Crippen LogP contribution in [-0.4, -0.2) is 23.1 Å². The van der Waals surface area contributed by atoms with Gasteiger partial charge in [-0.25, -0.2) is 9.59 Å². The van der Waals surface area contributed by atoms with Gasteiger partial charge in [0.05, 0.1) is 0 Å². The first-order chi connectivity index (χ1) is 7.31. The van der Waals surface area contributed by atoms with Crippen LogP contribution in [0.3, 0.4) is 0 Å². The largest absolute Gasteiger partial charge is 0.478 e. The Morgan fingerprint density at radius 3 is 2.12 bits per heavy atom. The molecule has 0 aliphatic carbocycles. The molecule has 0 radical (unpaired) electrons. The van der Waals surface area contributed by atoms with E-state index in [1.54, 1.807) is 13.8 Å². The third kappa shape index (κ3) is 3.88. The molecule has 1 unspecified atom stereocenters. The number of hydrogen-bond acceptors (Lipinski definition) is 3. The molecular formula is C12H18O4. The van der Waals surface area contributed by atoms with E-state index in [1.807, 2.05) is 6.92 Å². The number of hydrogen-bond donors (Lipinski definition) is 1. The minimum absolute atomic E-state index is 0.210. The van der Waals surface area contributed by atoms with Gasteiger partial charge in [-0.3, -0.25) is 0 Å². The van der Waals surface area contributed by atoms with Crippen molar-refractivity contribution < 1.29 is 19.4 Å². The fourth-order valence-electron chi connectivity index (χ4n) is 1.12. The third-order valence-corrected chi connectivity index (χ3v) is 2.36. The second-order valence-corrected chi connectivity index (χ2v) is 3.70. The predicted octanol–water partition coefficient (Wildman–Crippen LogP) is 2.31. The van der Waals surface area contributed by atoms with Crippen molar-refractivity contribution >= 4 is 11.9 Å². The monoisotopic (exact) mass is 226 g/mol. The summed E-state index contributed by atoms with van der Waals surface area (Å²) in [7, 11) is 0. The molecule has 90 valence electrons. The summed E-state index contributed by atoms with van der Waals surface area (Å²) in [6.45, 7) is 10.0. The molecule has 4 heteroatoms. The highest BCUT2D eigenvalue weighted by atomic mass is 16.5. The fraction of sp³-hybridized carbons (Fsp3) is 0.500. The van der Waals surface area contributed by atoms with Crippen molar-refractivity contribution in [2.24, 2.45) is 0 Å². The zero-order valence-corrected chi connectivity index (χ0v) is 10.2. The van der Waals surface area contributed by atoms with Gasteiger partial charge in [-0.1, -0.05) is 13.5 Å². The number of ether oxygens (including phenoxy) is 1. The molecule has 0 aromatic heterocycles. The Morgan fingerprint density at radius 1 is 1.31 bits per heavy atom. The molecule has 0 aliphatic heterocycles. The molecule has 16 heavy (non-hydrogen) atoms. The van der Waals surface area contributed by atoms with Gasteiger partial charge in [-0.05, 0) is 32.8 Å². The molecule has 1 N–H and O–H groups in total. The topological polar surface area (TPSA) is 63.6 Å². The molecule has 0 saturated carbocycles. The SMILES string of the molecule is C=C(C)C(=O)OC(CC)C(C)=C(C)C(=O)O. The van der Waals surface area contributed by atoms with Crippen LogP contribution in [0.25, 0.3) is 0 Å². The Morgan fingerprint density at radius 2 is 1.81 bits per heavy atom. The minimum atomic E-state index is -0.998. The number of esters is 1. The molecule has 0 heterocycles. The first-order valence-electron chi connectivity index (χ1n) is 5.08. The maximum Gasteiger partial charge on any atom is 0.333 e. The maximum atomic E-state index is 11.3. The summed E-state index contributed by atoms with van der Waals surface area (Å²) in [6.07, 6.45) is 0.0375. The van der Waals surface area contributed by atoms with Gasteiger partial charge in [0.1, 0.15) is 6.10 Å². The van der Waals surface area contributed by atoms with Crippen LogP contribution in [0.5, 0.6) is 0 Å². The summed E-state index contributed by atoms with van der Waals surface area (Å²) in [5, 5.41) is 8.82. The number of aliphatic carboxylic acids is 1. The van der Waals surface area contributed by atoms with Crippen LogP contribution in [-0.2, 0) is 14.3 Å². The van der Waals surface area contributed by atoms with Gasteiger partial charge >= 0.3 is 11.9 Å². The van der Waals surface area contributed by atoms with Gasteiger partial charge in [0.25, 0.3) is 0 Å². The number of carboxylic acids is 1. The lowest BCUT2D eigenvalue weighted by Crippen LogP contribution is -2.21. The van der Waals surface area contributed by atoms with Gasteiger partial charge in [-0.15, -0.1) is 0 Å². The van der Waals surface area contributed by atoms with E-state index in [4.69, 9.17) is 9.84 Å². The average molecular weight is 226 g/mol. The molecular weight excluding hydrogens is 208 g/mol. The fourth-order valence-corrected chi connectivity index (χ4v) is 1.12. The zero-order chi connectivity index (χ0) is 12.9. The number of carboxylic acid groups (broad SMARTS) is 1. The van der Waals surface area contributed by atoms with Crippen LogP contribution in [0.1, 0.15) is 34.1 Å². The van der Waals surface area contributed by atoms with E-state index >= 15 is 0 Å². The van der Waals surface area contributed by atoms with Gasteiger partial charge in [0.15, 0.2) is 0 Å². The Kier molecular flexibility index (Phi) is 5.50. The molecule has 0 rings (SSSR count). The molecule has 0 saturated heterocycles. The maximum absolute atomic E-state index is 11.3. The molecule has 4 nitrogen and oxygen atoms in total. The molecule has 1 atom stereocenters. The summed E-state index contributed by atoms with van der Waals surface area (Å²) in [6, 6.07) is 0. The second kappa shape index (κ2) is 6.10. The summed E-state index contributed by atoms with van der Waals surface area (Å²) in [4.78, 5) is 22.1. The normalized spacial score (nSPS) is 13.8. The van der Waals surface area contributed by atoms with Crippen molar-refractivity contribution in [3.05, 3.63) is 23.3 Å².